The average Bonchev–Trinajstić information content (AvgIpc) is 2.99. The summed E-state index contributed by atoms with van der Waals surface area (Å²) in [6.07, 6.45) is 0.567. The number of aromatic nitrogens is 1. The molecule has 1 aliphatic rings. The summed E-state index contributed by atoms with van der Waals surface area (Å²) in [7, 11) is 0. The van der Waals surface area contributed by atoms with Gasteiger partial charge in [-0.2, -0.15) is 0 Å². The van der Waals surface area contributed by atoms with E-state index in [1.807, 2.05) is 30.3 Å². The molecule has 0 spiro atoms. The Balaban J connectivity index is 1.74. The number of nitrogens with one attached hydrogen (secondary N) is 2. The summed E-state index contributed by atoms with van der Waals surface area (Å²) in [6.45, 7) is 0. The van der Waals surface area contributed by atoms with Crippen molar-refractivity contribution in [2.45, 2.75) is 11.7 Å². The third-order valence-corrected chi connectivity index (χ3v) is 4.74. The highest BCUT2D eigenvalue weighted by Crippen LogP contribution is 2.28. The molecule has 2 aromatic carbocycles. The van der Waals surface area contributed by atoms with Gasteiger partial charge in [-0.3, -0.25) is 14.9 Å². The fourth-order valence-electron chi connectivity index (χ4n) is 2.76. The van der Waals surface area contributed by atoms with E-state index in [1.165, 1.54) is 5.39 Å². The first-order chi connectivity index (χ1) is 10.2. The summed E-state index contributed by atoms with van der Waals surface area (Å²) in [4.78, 5) is 26.3. The molecular weight excluding hydrogens is 284 g/mol. The lowest BCUT2D eigenvalue weighted by Crippen LogP contribution is -2.25. The van der Waals surface area contributed by atoms with Gasteiger partial charge in [-0.05, 0) is 30.2 Å². The number of carbonyl (C=O) groups excluding carboxylic acids is 2. The van der Waals surface area contributed by atoms with E-state index in [0.29, 0.717) is 6.42 Å². The van der Waals surface area contributed by atoms with Crippen LogP contribution < -0.4 is 5.32 Å². The maximum absolute atomic E-state index is 11.7. The molecular formula is C16H12N2O2S. The number of hydrogen-bond acceptors (Lipinski definition) is 3. The Morgan fingerprint density at radius 3 is 2.62 bits per heavy atom. The first kappa shape index (κ1) is 12.5. The zero-order valence-corrected chi connectivity index (χ0v) is 11.9. The predicted molar refractivity (Wildman–Crippen MR) is 84.4 cm³/mol. The number of aromatic amines is 1. The molecule has 5 heteroatoms. The Morgan fingerprint density at radius 2 is 1.81 bits per heavy atom. The Labute approximate surface area is 124 Å². The number of imide groups is 1. The maximum atomic E-state index is 11.7. The molecule has 1 aromatic heterocycles. The van der Waals surface area contributed by atoms with Gasteiger partial charge in [0.15, 0.2) is 0 Å². The van der Waals surface area contributed by atoms with Crippen LogP contribution in [0.2, 0.25) is 0 Å². The summed E-state index contributed by atoms with van der Waals surface area (Å²) >= 11 is 1.07. The van der Waals surface area contributed by atoms with Gasteiger partial charge in [-0.25, -0.2) is 0 Å². The van der Waals surface area contributed by atoms with Crippen LogP contribution in [0.3, 0.4) is 0 Å². The Bertz CT molecular complexity index is 884. The Kier molecular flexibility index (Phi) is 2.75. The molecule has 1 atom stereocenters. The first-order valence-electron chi connectivity index (χ1n) is 6.71. The van der Waals surface area contributed by atoms with Crippen molar-refractivity contribution in [2.24, 2.45) is 0 Å². The van der Waals surface area contributed by atoms with Gasteiger partial charge in [0.1, 0.15) is 0 Å². The topological polar surface area (TPSA) is 62.0 Å². The molecule has 3 aromatic rings. The molecule has 0 radical (unpaired) electrons. The van der Waals surface area contributed by atoms with Gasteiger partial charge in [0.05, 0.1) is 5.25 Å². The predicted octanol–water partition coefficient (Wildman–Crippen LogP) is 3.22. The molecule has 1 unspecified atom stereocenters. The minimum absolute atomic E-state index is 0.191. The SMILES string of the molecule is O=C1NC(=O)C(Cc2ccc3[nH]c4ccccc4c3c2)S1. The quantitative estimate of drug-likeness (QED) is 0.763. The van der Waals surface area contributed by atoms with E-state index in [0.717, 1.165) is 33.7 Å². The molecule has 1 saturated heterocycles. The van der Waals surface area contributed by atoms with Crippen LogP contribution in [0.25, 0.3) is 21.8 Å². The lowest BCUT2D eigenvalue weighted by molar-refractivity contribution is -0.118. The highest BCUT2D eigenvalue weighted by molar-refractivity contribution is 8.15. The third kappa shape index (κ3) is 2.10. The second kappa shape index (κ2) is 4.63. The van der Waals surface area contributed by atoms with E-state index in [4.69, 9.17) is 0 Å². The Morgan fingerprint density at radius 1 is 1.00 bits per heavy atom. The molecule has 0 saturated carbocycles. The second-order valence-electron chi connectivity index (χ2n) is 5.14. The molecule has 21 heavy (non-hydrogen) atoms. The highest BCUT2D eigenvalue weighted by Gasteiger charge is 2.31. The van der Waals surface area contributed by atoms with Crippen molar-refractivity contribution in [3.63, 3.8) is 0 Å². The van der Waals surface area contributed by atoms with E-state index in [1.54, 1.807) is 0 Å². The number of para-hydroxylation sites is 1. The van der Waals surface area contributed by atoms with Gasteiger partial charge in [0.25, 0.3) is 5.24 Å². The molecule has 4 rings (SSSR count). The van der Waals surface area contributed by atoms with E-state index in [2.05, 4.69) is 22.4 Å². The van der Waals surface area contributed by atoms with E-state index in [9.17, 15) is 9.59 Å². The lowest BCUT2D eigenvalue weighted by atomic mass is 10.1. The number of hydrogen-bond donors (Lipinski definition) is 2. The van der Waals surface area contributed by atoms with Crippen LogP contribution in [0.4, 0.5) is 4.79 Å². The number of carbonyl (C=O) groups is 2. The van der Waals surface area contributed by atoms with Gasteiger partial charge < -0.3 is 4.98 Å². The van der Waals surface area contributed by atoms with Crippen molar-refractivity contribution in [1.29, 1.82) is 0 Å². The van der Waals surface area contributed by atoms with E-state index >= 15 is 0 Å². The van der Waals surface area contributed by atoms with Crippen LogP contribution in [0.15, 0.2) is 42.5 Å². The van der Waals surface area contributed by atoms with Crippen LogP contribution in [-0.4, -0.2) is 21.4 Å². The number of rotatable bonds is 2. The number of fused-ring (bicyclic) bond motifs is 3. The van der Waals surface area contributed by atoms with Crippen LogP contribution in [0.1, 0.15) is 5.56 Å². The summed E-state index contributed by atoms with van der Waals surface area (Å²) in [5, 5.41) is 4.08. The monoisotopic (exact) mass is 296 g/mol. The van der Waals surface area contributed by atoms with Gasteiger partial charge >= 0.3 is 0 Å². The van der Waals surface area contributed by atoms with Gasteiger partial charge in [-0.15, -0.1) is 0 Å². The largest absolute Gasteiger partial charge is 0.355 e. The van der Waals surface area contributed by atoms with Gasteiger partial charge in [0.2, 0.25) is 5.91 Å². The molecule has 2 N–H and O–H groups in total. The summed E-state index contributed by atoms with van der Waals surface area (Å²) in [5.41, 5.74) is 3.25. The molecule has 0 bridgehead atoms. The average molecular weight is 296 g/mol. The zero-order valence-electron chi connectivity index (χ0n) is 11.1. The third-order valence-electron chi connectivity index (χ3n) is 3.76. The van der Waals surface area contributed by atoms with Crippen LogP contribution >= 0.6 is 11.8 Å². The van der Waals surface area contributed by atoms with E-state index in [-0.39, 0.29) is 16.4 Å². The molecule has 1 aliphatic heterocycles. The molecule has 1 fully saturated rings. The standard InChI is InChI=1S/C16H12N2O2S/c19-15-14(21-16(20)18-15)8-9-5-6-13-11(7-9)10-3-1-2-4-12(10)17-13/h1-7,14,17H,8H2,(H,18,19,20). The minimum atomic E-state index is -0.319. The smallest absolute Gasteiger partial charge is 0.286 e. The number of thioether (sulfide) groups is 1. The van der Waals surface area contributed by atoms with Crippen molar-refractivity contribution in [1.82, 2.24) is 10.3 Å². The van der Waals surface area contributed by atoms with Crippen LogP contribution in [0.5, 0.6) is 0 Å². The zero-order chi connectivity index (χ0) is 14.4. The van der Waals surface area contributed by atoms with Crippen molar-refractivity contribution in [3.05, 3.63) is 48.0 Å². The summed E-state index contributed by atoms with van der Waals surface area (Å²) in [5.74, 6) is -0.191. The second-order valence-corrected chi connectivity index (χ2v) is 6.31. The van der Waals surface area contributed by atoms with Crippen molar-refractivity contribution < 1.29 is 9.59 Å². The van der Waals surface area contributed by atoms with Crippen molar-refractivity contribution in [3.8, 4) is 0 Å². The Hall–Kier alpha value is -2.27. The lowest BCUT2D eigenvalue weighted by Gasteiger charge is -2.05. The molecule has 2 heterocycles. The fourth-order valence-corrected chi connectivity index (χ4v) is 3.62. The van der Waals surface area contributed by atoms with Gasteiger partial charge in [-0.1, -0.05) is 36.0 Å². The first-order valence-corrected chi connectivity index (χ1v) is 7.59. The van der Waals surface area contributed by atoms with Crippen LogP contribution in [-0.2, 0) is 11.2 Å². The molecule has 0 aliphatic carbocycles. The molecule has 2 amide bonds. The number of H-pyrrole nitrogens is 1. The van der Waals surface area contributed by atoms with Crippen LogP contribution in [0, 0.1) is 0 Å². The van der Waals surface area contributed by atoms with Gasteiger partial charge in [0, 0.05) is 21.8 Å². The number of benzene rings is 2. The maximum Gasteiger partial charge on any atom is 0.286 e. The normalized spacial score (nSPS) is 18.6. The molecule has 104 valence electrons. The van der Waals surface area contributed by atoms with Crippen molar-refractivity contribution >= 4 is 44.7 Å². The number of amides is 2. The summed E-state index contributed by atoms with van der Waals surface area (Å²) in [6, 6.07) is 14.3. The van der Waals surface area contributed by atoms with Crippen molar-refractivity contribution in [2.75, 3.05) is 0 Å². The summed E-state index contributed by atoms with van der Waals surface area (Å²) < 4.78 is 0. The minimum Gasteiger partial charge on any atom is -0.355 e. The fraction of sp³-hybridized carbons (Fsp3) is 0.125. The van der Waals surface area contributed by atoms with E-state index < -0.39 is 0 Å². The molecule has 4 nitrogen and oxygen atoms in total. The highest BCUT2D eigenvalue weighted by atomic mass is 32.2.